The summed E-state index contributed by atoms with van der Waals surface area (Å²) in [6, 6.07) is 7.09. The van der Waals surface area contributed by atoms with Gasteiger partial charge in [0.05, 0.1) is 7.11 Å². The van der Waals surface area contributed by atoms with Crippen LogP contribution in [-0.2, 0) is 9.53 Å². The molecule has 9 heteroatoms. The highest BCUT2D eigenvalue weighted by Gasteiger charge is 2.27. The zero-order chi connectivity index (χ0) is 19.2. The standard InChI is InChI=1S/C18H22N4O4S/c1-25-11-15(23)22-9-7-12(8-10-22)17-20-21-18(27-17)16(24)19-13-3-5-14(26-2)6-4-13/h3-6,12H,7-11H2,1-2H3,(H,19,24). The summed E-state index contributed by atoms with van der Waals surface area (Å²) in [5, 5.41) is 12.2. The number of methoxy groups -OCH3 is 2. The van der Waals surface area contributed by atoms with E-state index >= 15 is 0 Å². The number of ether oxygens (including phenoxy) is 2. The van der Waals surface area contributed by atoms with Gasteiger partial charge in [-0.15, -0.1) is 10.2 Å². The number of carbonyl (C=O) groups is 2. The first-order valence-electron chi connectivity index (χ1n) is 8.66. The number of aromatic nitrogens is 2. The number of likely N-dealkylation sites (tertiary alicyclic amines) is 1. The van der Waals surface area contributed by atoms with Crippen LogP contribution in [0.15, 0.2) is 24.3 Å². The van der Waals surface area contributed by atoms with Crippen molar-refractivity contribution in [3.63, 3.8) is 0 Å². The zero-order valence-electron chi connectivity index (χ0n) is 15.3. The molecular formula is C18H22N4O4S. The average Bonchev–Trinajstić information content (AvgIpc) is 3.19. The highest BCUT2D eigenvalue weighted by Crippen LogP contribution is 2.30. The van der Waals surface area contributed by atoms with E-state index < -0.39 is 0 Å². The molecular weight excluding hydrogens is 368 g/mol. The number of nitrogens with one attached hydrogen (secondary N) is 1. The van der Waals surface area contributed by atoms with E-state index in [1.54, 1.807) is 36.3 Å². The lowest BCUT2D eigenvalue weighted by Crippen LogP contribution is -2.39. The number of piperidine rings is 1. The number of carbonyl (C=O) groups excluding carboxylic acids is 2. The van der Waals surface area contributed by atoms with Gasteiger partial charge in [-0.3, -0.25) is 9.59 Å². The third-order valence-electron chi connectivity index (χ3n) is 4.45. The van der Waals surface area contributed by atoms with Crippen LogP contribution in [0.2, 0.25) is 0 Å². The van der Waals surface area contributed by atoms with Crippen LogP contribution in [0.25, 0.3) is 0 Å². The Morgan fingerprint density at radius 2 is 1.89 bits per heavy atom. The van der Waals surface area contributed by atoms with E-state index in [9.17, 15) is 9.59 Å². The van der Waals surface area contributed by atoms with Crippen LogP contribution in [-0.4, -0.2) is 60.8 Å². The summed E-state index contributed by atoms with van der Waals surface area (Å²) >= 11 is 1.31. The van der Waals surface area contributed by atoms with Crippen LogP contribution in [0, 0.1) is 0 Å². The molecule has 0 radical (unpaired) electrons. The first-order chi connectivity index (χ1) is 13.1. The summed E-state index contributed by atoms with van der Waals surface area (Å²) in [6.45, 7) is 1.44. The fourth-order valence-corrected chi connectivity index (χ4v) is 3.85. The van der Waals surface area contributed by atoms with Crippen molar-refractivity contribution < 1.29 is 19.1 Å². The molecule has 27 heavy (non-hydrogen) atoms. The van der Waals surface area contributed by atoms with E-state index in [4.69, 9.17) is 9.47 Å². The highest BCUT2D eigenvalue weighted by atomic mass is 32.1. The fraction of sp³-hybridized carbons (Fsp3) is 0.444. The topological polar surface area (TPSA) is 93.7 Å². The first-order valence-corrected chi connectivity index (χ1v) is 9.48. The smallest absolute Gasteiger partial charge is 0.286 e. The molecule has 144 valence electrons. The molecule has 1 N–H and O–H groups in total. The van der Waals surface area contributed by atoms with Gasteiger partial charge in [0.15, 0.2) is 0 Å². The third kappa shape index (κ3) is 4.81. The molecule has 8 nitrogen and oxygen atoms in total. The van der Waals surface area contributed by atoms with Crippen LogP contribution in [0.5, 0.6) is 5.75 Å². The molecule has 1 aromatic heterocycles. The van der Waals surface area contributed by atoms with Crippen LogP contribution in [0.4, 0.5) is 5.69 Å². The summed E-state index contributed by atoms with van der Waals surface area (Å²) in [5.74, 6) is 0.669. The Morgan fingerprint density at radius 3 is 2.52 bits per heavy atom. The summed E-state index contributed by atoms with van der Waals surface area (Å²) in [5.41, 5.74) is 0.669. The van der Waals surface area contributed by atoms with Gasteiger partial charge in [0, 0.05) is 31.8 Å². The summed E-state index contributed by atoms with van der Waals surface area (Å²) in [7, 11) is 3.11. The van der Waals surface area contributed by atoms with E-state index in [2.05, 4.69) is 15.5 Å². The van der Waals surface area contributed by atoms with Crippen molar-refractivity contribution in [1.82, 2.24) is 15.1 Å². The maximum absolute atomic E-state index is 12.4. The molecule has 0 spiro atoms. The molecule has 1 aromatic carbocycles. The molecule has 2 aromatic rings. The summed E-state index contributed by atoms with van der Waals surface area (Å²) in [6.07, 6.45) is 1.62. The summed E-state index contributed by atoms with van der Waals surface area (Å²) < 4.78 is 10.00. The largest absolute Gasteiger partial charge is 0.497 e. The van der Waals surface area contributed by atoms with E-state index in [1.807, 2.05) is 0 Å². The molecule has 0 unspecified atom stereocenters. The molecule has 0 bridgehead atoms. The van der Waals surface area contributed by atoms with E-state index in [0.29, 0.717) is 23.8 Å². The Bertz CT molecular complexity index is 785. The van der Waals surface area contributed by atoms with Crippen molar-refractivity contribution in [3.05, 3.63) is 34.3 Å². The average molecular weight is 390 g/mol. The quantitative estimate of drug-likeness (QED) is 0.812. The maximum atomic E-state index is 12.4. The lowest BCUT2D eigenvalue weighted by molar-refractivity contribution is -0.136. The Morgan fingerprint density at radius 1 is 1.19 bits per heavy atom. The van der Waals surface area contributed by atoms with Crippen molar-refractivity contribution in [2.45, 2.75) is 18.8 Å². The monoisotopic (exact) mass is 390 g/mol. The van der Waals surface area contributed by atoms with Crippen molar-refractivity contribution in [2.24, 2.45) is 0 Å². The van der Waals surface area contributed by atoms with Crippen LogP contribution in [0.1, 0.15) is 33.6 Å². The normalized spacial score (nSPS) is 14.8. The zero-order valence-corrected chi connectivity index (χ0v) is 16.1. The molecule has 1 aliphatic rings. The van der Waals surface area contributed by atoms with Gasteiger partial charge in [0.1, 0.15) is 17.4 Å². The van der Waals surface area contributed by atoms with Gasteiger partial charge in [0.25, 0.3) is 5.91 Å². The SMILES string of the molecule is COCC(=O)N1CCC(c2nnc(C(=O)Nc3ccc(OC)cc3)s2)CC1. The van der Waals surface area contributed by atoms with Crippen molar-refractivity contribution in [3.8, 4) is 5.75 Å². The minimum atomic E-state index is -0.281. The summed E-state index contributed by atoms with van der Waals surface area (Å²) in [4.78, 5) is 26.0. The second kappa shape index (κ2) is 8.92. The number of anilines is 1. The van der Waals surface area contributed by atoms with Gasteiger partial charge in [-0.1, -0.05) is 11.3 Å². The second-order valence-corrected chi connectivity index (χ2v) is 7.23. The number of hydrogen-bond donors (Lipinski definition) is 1. The van der Waals surface area contributed by atoms with Gasteiger partial charge >= 0.3 is 0 Å². The molecule has 1 aliphatic heterocycles. The Labute approximate surface area is 161 Å². The molecule has 0 atom stereocenters. The highest BCUT2D eigenvalue weighted by molar-refractivity contribution is 7.13. The number of amides is 2. The predicted molar refractivity (Wildman–Crippen MR) is 101 cm³/mol. The van der Waals surface area contributed by atoms with E-state index in [1.165, 1.54) is 18.4 Å². The first kappa shape index (κ1) is 19.2. The van der Waals surface area contributed by atoms with E-state index in [-0.39, 0.29) is 24.3 Å². The molecule has 1 saturated heterocycles. The molecule has 0 aliphatic carbocycles. The van der Waals surface area contributed by atoms with Crippen molar-refractivity contribution in [2.75, 3.05) is 39.2 Å². The fourth-order valence-electron chi connectivity index (χ4n) is 2.94. The Balaban J connectivity index is 1.56. The van der Waals surface area contributed by atoms with Crippen LogP contribution in [0.3, 0.4) is 0 Å². The van der Waals surface area contributed by atoms with Gasteiger partial charge in [-0.2, -0.15) is 0 Å². The van der Waals surface area contributed by atoms with Crippen molar-refractivity contribution >= 4 is 28.8 Å². The second-order valence-electron chi connectivity index (χ2n) is 6.22. The van der Waals surface area contributed by atoms with Crippen LogP contribution < -0.4 is 10.1 Å². The van der Waals surface area contributed by atoms with Gasteiger partial charge < -0.3 is 19.7 Å². The Hall–Kier alpha value is -2.52. The number of nitrogens with zero attached hydrogens (tertiary/aromatic N) is 3. The minimum absolute atomic E-state index is 0.00720. The molecule has 2 amide bonds. The predicted octanol–water partition coefficient (Wildman–Crippen LogP) is 2.15. The molecule has 0 saturated carbocycles. The van der Waals surface area contributed by atoms with Crippen molar-refractivity contribution in [1.29, 1.82) is 0 Å². The molecule has 1 fully saturated rings. The Kier molecular flexibility index (Phi) is 6.36. The van der Waals surface area contributed by atoms with E-state index in [0.717, 1.165) is 23.6 Å². The maximum Gasteiger partial charge on any atom is 0.286 e. The third-order valence-corrected chi connectivity index (χ3v) is 5.53. The van der Waals surface area contributed by atoms with Gasteiger partial charge in [-0.25, -0.2) is 0 Å². The molecule has 2 heterocycles. The number of hydrogen-bond acceptors (Lipinski definition) is 7. The number of benzene rings is 1. The molecule has 3 rings (SSSR count). The lowest BCUT2D eigenvalue weighted by atomic mass is 9.98. The minimum Gasteiger partial charge on any atom is -0.497 e. The van der Waals surface area contributed by atoms with Gasteiger partial charge in [-0.05, 0) is 37.1 Å². The lowest BCUT2D eigenvalue weighted by Gasteiger charge is -2.30. The van der Waals surface area contributed by atoms with Crippen LogP contribution >= 0.6 is 11.3 Å². The number of rotatable bonds is 6. The van der Waals surface area contributed by atoms with Gasteiger partial charge in [0.2, 0.25) is 10.9 Å².